The molecule has 1 saturated carbocycles. The predicted octanol–water partition coefficient (Wildman–Crippen LogP) is 1.68. The van der Waals surface area contributed by atoms with Gasteiger partial charge in [-0.25, -0.2) is 0 Å². The lowest BCUT2D eigenvalue weighted by atomic mass is 10.2. The zero-order valence-corrected chi connectivity index (χ0v) is 7.89. The lowest BCUT2D eigenvalue weighted by Gasteiger charge is -2.16. The van der Waals surface area contributed by atoms with E-state index in [-0.39, 0.29) is 18.0 Å². The first kappa shape index (κ1) is 9.34. The van der Waals surface area contributed by atoms with Crippen LogP contribution in [0.15, 0.2) is 24.3 Å². The first-order valence-electron chi connectivity index (χ1n) is 4.89. The van der Waals surface area contributed by atoms with E-state index < -0.39 is 0 Å². The molecule has 0 unspecified atom stereocenters. The van der Waals surface area contributed by atoms with Crippen LogP contribution in [-0.4, -0.2) is 22.4 Å². The van der Waals surface area contributed by atoms with Crippen molar-refractivity contribution in [3.05, 3.63) is 24.3 Å². The highest BCUT2D eigenvalue weighted by atomic mass is 16.5. The van der Waals surface area contributed by atoms with E-state index in [1.165, 1.54) is 0 Å². The molecule has 0 heterocycles. The average molecular weight is 194 g/mol. The van der Waals surface area contributed by atoms with Gasteiger partial charge < -0.3 is 14.9 Å². The number of benzene rings is 1. The minimum atomic E-state index is -0.344. The fourth-order valence-electron chi connectivity index (χ4n) is 1.74. The summed E-state index contributed by atoms with van der Waals surface area (Å²) < 4.78 is 5.58. The Balaban J connectivity index is 2.00. The molecular weight excluding hydrogens is 180 g/mol. The van der Waals surface area contributed by atoms with Crippen molar-refractivity contribution in [3.63, 3.8) is 0 Å². The Morgan fingerprint density at radius 1 is 1.14 bits per heavy atom. The number of aromatic hydroxyl groups is 1. The van der Waals surface area contributed by atoms with E-state index in [1.807, 2.05) is 0 Å². The van der Waals surface area contributed by atoms with Crippen LogP contribution in [-0.2, 0) is 0 Å². The molecule has 3 heteroatoms. The van der Waals surface area contributed by atoms with Crippen molar-refractivity contribution in [2.45, 2.75) is 31.5 Å². The Bertz CT molecular complexity index is 294. The first-order chi connectivity index (χ1) is 6.75. The molecule has 2 rings (SSSR count). The Labute approximate surface area is 83.0 Å². The topological polar surface area (TPSA) is 49.7 Å². The van der Waals surface area contributed by atoms with Gasteiger partial charge in [-0.3, -0.25) is 0 Å². The third-order valence-electron chi connectivity index (χ3n) is 2.54. The van der Waals surface area contributed by atoms with E-state index >= 15 is 0 Å². The van der Waals surface area contributed by atoms with Crippen LogP contribution in [0.1, 0.15) is 19.3 Å². The fourth-order valence-corrected chi connectivity index (χ4v) is 1.74. The van der Waals surface area contributed by atoms with Gasteiger partial charge >= 0.3 is 0 Å². The van der Waals surface area contributed by atoms with Crippen molar-refractivity contribution in [3.8, 4) is 11.5 Å². The third-order valence-corrected chi connectivity index (χ3v) is 2.54. The van der Waals surface area contributed by atoms with Crippen molar-refractivity contribution in [2.24, 2.45) is 0 Å². The van der Waals surface area contributed by atoms with Gasteiger partial charge in [-0.05, 0) is 43.5 Å². The lowest BCUT2D eigenvalue weighted by Crippen LogP contribution is -2.25. The third kappa shape index (κ3) is 1.99. The maximum Gasteiger partial charge on any atom is 0.124 e. The lowest BCUT2D eigenvalue weighted by molar-refractivity contribution is 0.0604. The first-order valence-corrected chi connectivity index (χ1v) is 4.89. The van der Waals surface area contributed by atoms with Gasteiger partial charge in [-0.1, -0.05) is 0 Å². The monoisotopic (exact) mass is 194 g/mol. The highest BCUT2D eigenvalue weighted by molar-refractivity contribution is 5.30. The van der Waals surface area contributed by atoms with Crippen LogP contribution in [0.3, 0.4) is 0 Å². The number of rotatable bonds is 2. The largest absolute Gasteiger partial charge is 0.508 e. The molecule has 0 bridgehead atoms. The van der Waals surface area contributed by atoms with E-state index in [0.717, 1.165) is 19.3 Å². The van der Waals surface area contributed by atoms with Crippen molar-refractivity contribution in [1.82, 2.24) is 0 Å². The molecule has 1 fully saturated rings. The van der Waals surface area contributed by atoms with Gasteiger partial charge in [0.25, 0.3) is 0 Å². The minimum absolute atomic E-state index is 0.0838. The second-order valence-electron chi connectivity index (χ2n) is 3.65. The second-order valence-corrected chi connectivity index (χ2v) is 3.65. The summed E-state index contributed by atoms with van der Waals surface area (Å²) >= 11 is 0. The minimum Gasteiger partial charge on any atom is -0.508 e. The quantitative estimate of drug-likeness (QED) is 0.753. The standard InChI is InChI=1S/C11H14O3/c12-8-4-6-9(7-5-8)14-11-3-1-2-10(11)13/h4-7,10-13H,1-3H2/t10-,11-/m1/s1. The van der Waals surface area contributed by atoms with Crippen LogP contribution in [0.25, 0.3) is 0 Å². The summed E-state index contributed by atoms with van der Waals surface area (Å²) in [5.74, 6) is 0.929. The van der Waals surface area contributed by atoms with Crippen LogP contribution in [0, 0.1) is 0 Å². The highest BCUT2D eigenvalue weighted by Gasteiger charge is 2.26. The molecule has 0 spiro atoms. The zero-order valence-electron chi connectivity index (χ0n) is 7.89. The fraction of sp³-hybridized carbons (Fsp3) is 0.455. The van der Waals surface area contributed by atoms with Gasteiger partial charge in [0.15, 0.2) is 0 Å². The maximum atomic E-state index is 9.53. The predicted molar refractivity (Wildman–Crippen MR) is 52.4 cm³/mol. The van der Waals surface area contributed by atoms with E-state index in [0.29, 0.717) is 5.75 Å². The normalized spacial score (nSPS) is 26.4. The van der Waals surface area contributed by atoms with Crippen molar-refractivity contribution < 1.29 is 14.9 Å². The molecule has 1 aliphatic carbocycles. The molecule has 3 nitrogen and oxygen atoms in total. The molecule has 1 aromatic carbocycles. The van der Waals surface area contributed by atoms with E-state index in [9.17, 15) is 5.11 Å². The molecule has 1 aromatic rings. The molecule has 2 atom stereocenters. The molecule has 0 amide bonds. The highest BCUT2D eigenvalue weighted by Crippen LogP contribution is 2.25. The molecule has 1 aliphatic rings. The molecule has 76 valence electrons. The van der Waals surface area contributed by atoms with Gasteiger partial charge in [0, 0.05) is 0 Å². The number of ether oxygens (including phenoxy) is 1. The van der Waals surface area contributed by atoms with E-state index in [1.54, 1.807) is 24.3 Å². The summed E-state index contributed by atoms with van der Waals surface area (Å²) in [6, 6.07) is 6.58. The number of phenolic OH excluding ortho intramolecular Hbond substituents is 1. The van der Waals surface area contributed by atoms with Gasteiger partial charge in [0.05, 0.1) is 6.10 Å². The van der Waals surface area contributed by atoms with Crippen LogP contribution in [0.4, 0.5) is 0 Å². The van der Waals surface area contributed by atoms with Gasteiger partial charge in [-0.2, -0.15) is 0 Å². The van der Waals surface area contributed by atoms with Crippen molar-refractivity contribution in [2.75, 3.05) is 0 Å². The summed E-state index contributed by atoms with van der Waals surface area (Å²) in [6.45, 7) is 0. The molecule has 0 saturated heterocycles. The number of aliphatic hydroxyl groups is 1. The maximum absolute atomic E-state index is 9.53. The molecule has 0 aromatic heterocycles. The Kier molecular flexibility index (Phi) is 2.59. The summed E-state index contributed by atoms with van der Waals surface area (Å²) in [4.78, 5) is 0. The van der Waals surface area contributed by atoms with Crippen molar-refractivity contribution in [1.29, 1.82) is 0 Å². The summed E-state index contributed by atoms with van der Waals surface area (Å²) in [7, 11) is 0. The van der Waals surface area contributed by atoms with E-state index in [2.05, 4.69) is 0 Å². The van der Waals surface area contributed by atoms with Gasteiger partial charge in [-0.15, -0.1) is 0 Å². The number of hydrogen-bond donors (Lipinski definition) is 2. The summed E-state index contributed by atoms with van der Waals surface area (Å²) in [6.07, 6.45) is 2.32. The Morgan fingerprint density at radius 2 is 1.86 bits per heavy atom. The Morgan fingerprint density at radius 3 is 2.43 bits per heavy atom. The van der Waals surface area contributed by atoms with Crippen LogP contribution in [0.5, 0.6) is 11.5 Å². The molecule has 0 radical (unpaired) electrons. The number of phenols is 1. The number of hydrogen-bond acceptors (Lipinski definition) is 3. The second kappa shape index (κ2) is 3.88. The van der Waals surface area contributed by atoms with Gasteiger partial charge in [0.2, 0.25) is 0 Å². The zero-order chi connectivity index (χ0) is 9.97. The summed E-state index contributed by atoms with van der Waals surface area (Å²) in [5, 5.41) is 18.6. The van der Waals surface area contributed by atoms with Crippen LogP contribution >= 0.6 is 0 Å². The Hall–Kier alpha value is -1.22. The van der Waals surface area contributed by atoms with Gasteiger partial charge in [0.1, 0.15) is 17.6 Å². The SMILES string of the molecule is Oc1ccc(O[C@@H]2CCC[C@H]2O)cc1. The molecular formula is C11H14O3. The molecule has 2 N–H and O–H groups in total. The van der Waals surface area contributed by atoms with E-state index in [4.69, 9.17) is 9.84 Å². The molecule has 14 heavy (non-hydrogen) atoms. The van der Waals surface area contributed by atoms with Crippen LogP contribution < -0.4 is 4.74 Å². The molecule has 0 aliphatic heterocycles. The van der Waals surface area contributed by atoms with Crippen molar-refractivity contribution >= 4 is 0 Å². The summed E-state index contributed by atoms with van der Waals surface area (Å²) in [5.41, 5.74) is 0. The number of aliphatic hydroxyl groups excluding tert-OH is 1. The van der Waals surface area contributed by atoms with Crippen LogP contribution in [0.2, 0.25) is 0 Å². The smallest absolute Gasteiger partial charge is 0.124 e. The average Bonchev–Trinajstić information content (AvgIpc) is 2.56.